The van der Waals surface area contributed by atoms with Crippen LogP contribution in [0.1, 0.15) is 26.0 Å². The van der Waals surface area contributed by atoms with Crippen LogP contribution in [0.15, 0.2) is 36.8 Å². The van der Waals surface area contributed by atoms with Gasteiger partial charge in [0.15, 0.2) is 17.7 Å². The SMILES string of the molecule is COC(=O)C1(NP(=O)(OCC2OC(n3cc(F)c4c(N)ncnc43)[C@](C)(O)[C@@H]2O)Oc2ccc(Cl)cc2)CC1. The predicted octanol–water partition coefficient (Wildman–Crippen LogP) is 2.31. The van der Waals surface area contributed by atoms with E-state index in [1.54, 1.807) is 0 Å². The maximum atomic E-state index is 14.6. The van der Waals surface area contributed by atoms with Gasteiger partial charge in [-0.25, -0.2) is 18.9 Å². The van der Waals surface area contributed by atoms with Gasteiger partial charge in [-0.3, -0.25) is 13.9 Å². The second-order valence-corrected chi connectivity index (χ2v) is 11.7. The zero-order chi connectivity index (χ0) is 28.2. The van der Waals surface area contributed by atoms with Crippen LogP contribution in [-0.2, 0) is 23.4 Å². The molecular weight excluding hydrogens is 560 g/mol. The molecule has 1 aromatic carbocycles. The molecule has 1 saturated heterocycles. The Balaban J connectivity index is 1.39. The number of aliphatic hydroxyl groups excluding tert-OH is 1. The molecule has 2 aromatic heterocycles. The van der Waals surface area contributed by atoms with Gasteiger partial charge >= 0.3 is 13.7 Å². The Labute approximate surface area is 226 Å². The summed E-state index contributed by atoms with van der Waals surface area (Å²) in [6.07, 6.45) is -1.38. The zero-order valence-electron chi connectivity index (χ0n) is 20.8. The molecule has 3 aromatic rings. The number of anilines is 1. The maximum Gasteiger partial charge on any atom is 0.459 e. The van der Waals surface area contributed by atoms with Crippen molar-refractivity contribution in [1.82, 2.24) is 19.6 Å². The van der Waals surface area contributed by atoms with E-state index < -0.39 is 55.7 Å². The summed E-state index contributed by atoms with van der Waals surface area (Å²) in [5.41, 5.74) is 2.56. The van der Waals surface area contributed by atoms with Crippen LogP contribution in [0.25, 0.3) is 11.0 Å². The van der Waals surface area contributed by atoms with Crippen molar-refractivity contribution >= 4 is 42.2 Å². The molecule has 5 rings (SSSR count). The van der Waals surface area contributed by atoms with Crippen molar-refractivity contribution in [3.8, 4) is 5.75 Å². The lowest BCUT2D eigenvalue weighted by atomic mass is 9.96. The molecule has 1 aliphatic heterocycles. The average molecular weight is 586 g/mol. The lowest BCUT2D eigenvalue weighted by Crippen LogP contribution is -2.44. The third kappa shape index (κ3) is 5.09. The molecule has 5 N–H and O–H groups in total. The summed E-state index contributed by atoms with van der Waals surface area (Å²) in [6.45, 7) is 0.733. The first kappa shape index (κ1) is 27.7. The van der Waals surface area contributed by atoms with Gasteiger partial charge in [0, 0.05) is 11.2 Å². The summed E-state index contributed by atoms with van der Waals surface area (Å²) >= 11 is 5.92. The van der Waals surface area contributed by atoms with E-state index in [0.29, 0.717) is 17.9 Å². The minimum Gasteiger partial charge on any atom is -0.468 e. The van der Waals surface area contributed by atoms with Crippen LogP contribution >= 0.6 is 19.3 Å². The van der Waals surface area contributed by atoms with Gasteiger partial charge in [-0.2, -0.15) is 5.09 Å². The molecule has 1 saturated carbocycles. The highest BCUT2D eigenvalue weighted by Gasteiger charge is 2.58. The van der Waals surface area contributed by atoms with Gasteiger partial charge in [0.05, 0.1) is 19.1 Å². The summed E-state index contributed by atoms with van der Waals surface area (Å²) < 4.78 is 51.6. The quantitative estimate of drug-likeness (QED) is 0.213. The molecule has 0 amide bonds. The van der Waals surface area contributed by atoms with Crippen molar-refractivity contribution in [2.24, 2.45) is 0 Å². The lowest BCUT2D eigenvalue weighted by Gasteiger charge is -2.27. The van der Waals surface area contributed by atoms with E-state index in [0.717, 1.165) is 12.5 Å². The number of ether oxygens (including phenoxy) is 2. The van der Waals surface area contributed by atoms with E-state index >= 15 is 0 Å². The maximum absolute atomic E-state index is 14.6. The Bertz CT molecular complexity index is 1450. The number of hydrogen-bond acceptors (Lipinski definition) is 11. The molecule has 0 spiro atoms. The van der Waals surface area contributed by atoms with Gasteiger partial charge in [-0.05, 0) is 44.0 Å². The average Bonchev–Trinajstić information content (AvgIpc) is 3.53. The van der Waals surface area contributed by atoms with Gasteiger partial charge in [0.1, 0.15) is 41.2 Å². The van der Waals surface area contributed by atoms with Crippen molar-refractivity contribution in [2.75, 3.05) is 19.5 Å². The number of nitrogen functional groups attached to an aromatic ring is 1. The first-order chi connectivity index (χ1) is 18.4. The Kier molecular flexibility index (Phi) is 7.08. The van der Waals surface area contributed by atoms with E-state index in [1.807, 2.05) is 0 Å². The first-order valence-corrected chi connectivity index (χ1v) is 13.7. The van der Waals surface area contributed by atoms with E-state index in [4.69, 9.17) is 35.9 Å². The van der Waals surface area contributed by atoms with E-state index in [2.05, 4.69) is 15.1 Å². The van der Waals surface area contributed by atoms with Gasteiger partial charge in [-0.15, -0.1) is 0 Å². The number of aromatic nitrogens is 3. The van der Waals surface area contributed by atoms with Crippen LogP contribution in [0.5, 0.6) is 5.75 Å². The highest BCUT2D eigenvalue weighted by atomic mass is 35.5. The Hall–Kier alpha value is -2.84. The van der Waals surface area contributed by atoms with E-state index in [1.165, 1.54) is 42.9 Å². The Morgan fingerprint density at radius 2 is 2.05 bits per heavy atom. The standard InChI is InChI=1S/C23H26ClFN5O8P/c1-22(33)17(31)15(37-20(22)30-9-14(25)16-18(26)27-11-28-19(16)30)10-36-39(34,29-23(7-8-23)21(32)35-2)38-13-5-3-12(24)4-6-13/h3-6,9,11,15,17,20,31,33H,7-8,10H2,1-2H3,(H,29,34)(H2,26,27,28)/t15?,17-,20?,22-,39?/m1/s1. The number of rotatable bonds is 9. The smallest absolute Gasteiger partial charge is 0.459 e. The Morgan fingerprint density at radius 3 is 2.69 bits per heavy atom. The number of carbonyl (C=O) groups is 1. The highest BCUT2D eigenvalue weighted by Crippen LogP contribution is 2.53. The summed E-state index contributed by atoms with van der Waals surface area (Å²) in [4.78, 5) is 20.1. The predicted molar refractivity (Wildman–Crippen MR) is 135 cm³/mol. The van der Waals surface area contributed by atoms with Gasteiger partial charge in [0.25, 0.3) is 0 Å². The zero-order valence-corrected chi connectivity index (χ0v) is 22.4. The third-order valence-electron chi connectivity index (χ3n) is 6.72. The van der Waals surface area contributed by atoms with Gasteiger partial charge in [-0.1, -0.05) is 11.6 Å². The summed E-state index contributed by atoms with van der Waals surface area (Å²) in [6, 6.07) is 5.94. The first-order valence-electron chi connectivity index (χ1n) is 11.8. The molecule has 0 bridgehead atoms. The largest absolute Gasteiger partial charge is 0.468 e. The van der Waals surface area contributed by atoms with E-state index in [-0.39, 0.29) is 22.6 Å². The third-order valence-corrected chi connectivity index (χ3v) is 8.62. The van der Waals surface area contributed by atoms with Crippen molar-refractivity contribution in [2.45, 2.75) is 49.3 Å². The molecule has 3 unspecified atom stereocenters. The number of fused-ring (bicyclic) bond motifs is 1. The molecule has 16 heteroatoms. The van der Waals surface area contributed by atoms with Crippen molar-refractivity contribution in [1.29, 1.82) is 0 Å². The summed E-state index contributed by atoms with van der Waals surface area (Å²) in [5.74, 6) is -1.38. The van der Waals surface area contributed by atoms with E-state index in [9.17, 15) is 24.0 Å². The molecule has 39 heavy (non-hydrogen) atoms. The minimum absolute atomic E-state index is 0.0335. The number of carbonyl (C=O) groups excluding carboxylic acids is 1. The minimum atomic E-state index is -4.31. The summed E-state index contributed by atoms with van der Waals surface area (Å²) in [7, 11) is -3.11. The number of methoxy groups -OCH3 is 1. The van der Waals surface area contributed by atoms with Crippen molar-refractivity contribution < 1.29 is 42.5 Å². The fourth-order valence-corrected chi connectivity index (χ4v) is 6.32. The summed E-state index contributed by atoms with van der Waals surface area (Å²) in [5, 5.41) is 25.0. The van der Waals surface area contributed by atoms with Crippen LogP contribution in [0.3, 0.4) is 0 Å². The number of esters is 1. The molecular formula is C23H26ClFN5O8P. The molecule has 5 atom stereocenters. The van der Waals surface area contributed by atoms with Crippen LogP contribution in [0, 0.1) is 5.82 Å². The topological polar surface area (TPSA) is 180 Å². The fourth-order valence-electron chi connectivity index (χ4n) is 4.45. The number of nitrogens with two attached hydrogens (primary N) is 1. The van der Waals surface area contributed by atoms with Crippen LogP contribution < -0.4 is 15.3 Å². The van der Waals surface area contributed by atoms with Gasteiger partial charge < -0.3 is 29.9 Å². The number of nitrogens with zero attached hydrogens (tertiary/aromatic N) is 3. The number of benzene rings is 1. The molecule has 0 radical (unpaired) electrons. The highest BCUT2D eigenvalue weighted by molar-refractivity contribution is 7.52. The van der Waals surface area contributed by atoms with Crippen LogP contribution in [-0.4, -0.2) is 67.8 Å². The van der Waals surface area contributed by atoms with Crippen molar-refractivity contribution in [3.05, 3.63) is 47.6 Å². The van der Waals surface area contributed by atoms with Crippen molar-refractivity contribution in [3.63, 3.8) is 0 Å². The molecule has 2 fully saturated rings. The second kappa shape index (κ2) is 9.97. The molecule has 13 nitrogen and oxygen atoms in total. The molecule has 3 heterocycles. The van der Waals surface area contributed by atoms with Crippen LogP contribution in [0.4, 0.5) is 10.2 Å². The normalized spacial score (nSPS) is 27.3. The molecule has 2 aliphatic rings. The number of aliphatic hydroxyl groups is 2. The number of halogens is 2. The number of hydrogen-bond donors (Lipinski definition) is 4. The Morgan fingerprint density at radius 1 is 1.36 bits per heavy atom. The monoisotopic (exact) mass is 585 g/mol. The number of nitrogens with one attached hydrogen (secondary N) is 1. The molecule has 210 valence electrons. The molecule has 1 aliphatic carbocycles. The fraction of sp³-hybridized carbons (Fsp3) is 0.435. The second-order valence-electron chi connectivity index (χ2n) is 9.56. The van der Waals surface area contributed by atoms with Gasteiger partial charge in [0.2, 0.25) is 0 Å². The lowest BCUT2D eigenvalue weighted by molar-refractivity contribution is -0.144. The van der Waals surface area contributed by atoms with Crippen LogP contribution in [0.2, 0.25) is 5.02 Å².